The Hall–Kier alpha value is -0.910. The van der Waals surface area contributed by atoms with Crippen LogP contribution in [0.5, 0.6) is 0 Å². The zero-order valence-electron chi connectivity index (χ0n) is 9.97. The first-order valence-corrected chi connectivity index (χ1v) is 5.65. The summed E-state index contributed by atoms with van der Waals surface area (Å²) in [5.74, 6) is 0. The van der Waals surface area contributed by atoms with Crippen LogP contribution in [-0.2, 0) is 4.74 Å². The average molecular weight is 227 g/mol. The monoisotopic (exact) mass is 227 g/mol. The van der Waals surface area contributed by atoms with Crippen LogP contribution in [0.4, 0.5) is 0 Å². The van der Waals surface area contributed by atoms with E-state index < -0.39 is 0 Å². The Balaban J connectivity index is 2.56. The second-order valence-corrected chi connectivity index (χ2v) is 4.02. The van der Waals surface area contributed by atoms with Crippen molar-refractivity contribution in [2.75, 3.05) is 19.8 Å². The number of aliphatic hydroxyl groups is 1. The van der Waals surface area contributed by atoms with Crippen LogP contribution in [0, 0.1) is 0 Å². The van der Waals surface area contributed by atoms with E-state index >= 15 is 0 Å². The predicted octanol–water partition coefficient (Wildman–Crippen LogP) is 0.863. The predicted molar refractivity (Wildman–Crippen MR) is 62.1 cm³/mol. The van der Waals surface area contributed by atoms with Gasteiger partial charge in [0.15, 0.2) is 0 Å². The second kappa shape index (κ2) is 6.62. The van der Waals surface area contributed by atoms with Gasteiger partial charge < -0.3 is 15.6 Å². The number of hydrogen-bond acceptors (Lipinski definition) is 4. The number of aliphatic hydroxyl groups excluding tert-OH is 1. The van der Waals surface area contributed by atoms with Gasteiger partial charge in [-0.3, -0.25) is 4.68 Å². The summed E-state index contributed by atoms with van der Waals surface area (Å²) >= 11 is 0. The van der Waals surface area contributed by atoms with Crippen LogP contribution in [0.2, 0.25) is 0 Å². The molecule has 92 valence electrons. The van der Waals surface area contributed by atoms with E-state index in [1.54, 1.807) is 6.20 Å². The normalized spacial score (nSPS) is 13.3. The first kappa shape index (κ1) is 13.2. The summed E-state index contributed by atoms with van der Waals surface area (Å²) in [6, 6.07) is 0.338. The quantitative estimate of drug-likeness (QED) is 0.678. The van der Waals surface area contributed by atoms with Crippen molar-refractivity contribution >= 4 is 0 Å². The Bertz CT molecular complexity index is 299. The molecule has 5 nitrogen and oxygen atoms in total. The van der Waals surface area contributed by atoms with E-state index in [0.29, 0.717) is 25.6 Å². The van der Waals surface area contributed by atoms with Crippen molar-refractivity contribution in [3.63, 3.8) is 0 Å². The molecule has 1 heterocycles. The van der Waals surface area contributed by atoms with E-state index in [1.807, 2.05) is 10.9 Å². The van der Waals surface area contributed by atoms with E-state index in [9.17, 15) is 0 Å². The Morgan fingerprint density at radius 3 is 2.81 bits per heavy atom. The van der Waals surface area contributed by atoms with Gasteiger partial charge in [0.25, 0.3) is 0 Å². The minimum Gasteiger partial charge on any atom is -0.396 e. The van der Waals surface area contributed by atoms with E-state index in [4.69, 9.17) is 15.6 Å². The van der Waals surface area contributed by atoms with Crippen molar-refractivity contribution in [1.29, 1.82) is 0 Å². The van der Waals surface area contributed by atoms with Crippen LogP contribution in [0.15, 0.2) is 12.4 Å². The smallest absolute Gasteiger partial charge is 0.0977 e. The zero-order valence-corrected chi connectivity index (χ0v) is 9.97. The van der Waals surface area contributed by atoms with Gasteiger partial charge in [0.05, 0.1) is 12.3 Å². The van der Waals surface area contributed by atoms with Crippen LogP contribution in [0.1, 0.15) is 38.0 Å². The molecule has 1 aromatic heterocycles. The van der Waals surface area contributed by atoms with Crippen LogP contribution < -0.4 is 5.73 Å². The molecular weight excluding hydrogens is 206 g/mol. The number of nitrogens with two attached hydrogens (primary N) is 1. The first-order valence-electron chi connectivity index (χ1n) is 5.65. The molecule has 0 saturated heterocycles. The lowest BCUT2D eigenvalue weighted by atomic mass is 10.2. The van der Waals surface area contributed by atoms with Crippen molar-refractivity contribution in [2.24, 2.45) is 5.73 Å². The first-order chi connectivity index (χ1) is 7.69. The third-order valence-corrected chi connectivity index (χ3v) is 2.36. The molecular formula is C11H21N3O2. The SMILES string of the molecule is CC(C)n1cc(C(CN)OCCCO)cn1. The molecule has 0 aliphatic rings. The van der Waals surface area contributed by atoms with E-state index in [-0.39, 0.29) is 12.7 Å². The van der Waals surface area contributed by atoms with Gasteiger partial charge in [-0.15, -0.1) is 0 Å². The van der Waals surface area contributed by atoms with E-state index in [2.05, 4.69) is 18.9 Å². The molecule has 1 aromatic rings. The molecule has 0 aliphatic heterocycles. The van der Waals surface area contributed by atoms with Gasteiger partial charge in [-0.05, 0) is 20.3 Å². The van der Waals surface area contributed by atoms with Gasteiger partial charge in [0, 0.05) is 37.6 Å². The summed E-state index contributed by atoms with van der Waals surface area (Å²) in [6.07, 6.45) is 4.26. The highest BCUT2D eigenvalue weighted by Crippen LogP contribution is 2.17. The van der Waals surface area contributed by atoms with Crippen molar-refractivity contribution in [1.82, 2.24) is 9.78 Å². The largest absolute Gasteiger partial charge is 0.396 e. The second-order valence-electron chi connectivity index (χ2n) is 4.02. The Kier molecular flexibility index (Phi) is 5.45. The number of rotatable bonds is 7. The van der Waals surface area contributed by atoms with Crippen molar-refractivity contribution in [3.05, 3.63) is 18.0 Å². The van der Waals surface area contributed by atoms with E-state index in [0.717, 1.165) is 5.56 Å². The molecule has 0 aliphatic carbocycles. The maximum absolute atomic E-state index is 8.67. The van der Waals surface area contributed by atoms with Crippen molar-refractivity contribution in [2.45, 2.75) is 32.4 Å². The number of nitrogens with zero attached hydrogens (tertiary/aromatic N) is 2. The maximum atomic E-state index is 8.67. The fourth-order valence-electron chi connectivity index (χ4n) is 1.39. The number of ether oxygens (including phenoxy) is 1. The molecule has 1 atom stereocenters. The highest BCUT2D eigenvalue weighted by molar-refractivity contribution is 5.09. The Labute approximate surface area is 96.2 Å². The van der Waals surface area contributed by atoms with Gasteiger partial charge in [-0.25, -0.2) is 0 Å². The van der Waals surface area contributed by atoms with Gasteiger partial charge in [-0.1, -0.05) is 0 Å². The molecule has 0 aromatic carbocycles. The molecule has 5 heteroatoms. The van der Waals surface area contributed by atoms with Gasteiger partial charge >= 0.3 is 0 Å². The molecule has 0 fully saturated rings. The van der Waals surface area contributed by atoms with Crippen molar-refractivity contribution in [3.8, 4) is 0 Å². The Morgan fingerprint density at radius 2 is 2.31 bits per heavy atom. The zero-order chi connectivity index (χ0) is 12.0. The molecule has 3 N–H and O–H groups in total. The minimum atomic E-state index is -0.126. The number of aromatic nitrogens is 2. The summed E-state index contributed by atoms with van der Waals surface area (Å²) in [7, 11) is 0. The average Bonchev–Trinajstić information content (AvgIpc) is 2.74. The Morgan fingerprint density at radius 1 is 1.56 bits per heavy atom. The lowest BCUT2D eigenvalue weighted by Gasteiger charge is -2.13. The van der Waals surface area contributed by atoms with Crippen LogP contribution in [0.25, 0.3) is 0 Å². The standard InChI is InChI=1S/C11H21N3O2/c1-9(2)14-8-10(7-13-14)11(6-12)16-5-3-4-15/h7-9,11,15H,3-6,12H2,1-2H3. The molecule has 0 radical (unpaired) electrons. The highest BCUT2D eigenvalue weighted by atomic mass is 16.5. The topological polar surface area (TPSA) is 73.3 Å². The van der Waals surface area contributed by atoms with Gasteiger partial charge in [-0.2, -0.15) is 5.10 Å². The number of hydrogen-bond donors (Lipinski definition) is 2. The van der Waals surface area contributed by atoms with Gasteiger partial charge in [0.2, 0.25) is 0 Å². The lowest BCUT2D eigenvalue weighted by Crippen LogP contribution is -2.16. The summed E-state index contributed by atoms with van der Waals surface area (Å²) in [6.45, 7) is 5.23. The fraction of sp³-hybridized carbons (Fsp3) is 0.727. The summed E-state index contributed by atoms with van der Waals surface area (Å²) in [4.78, 5) is 0. The molecule has 1 unspecified atom stereocenters. The highest BCUT2D eigenvalue weighted by Gasteiger charge is 2.12. The third kappa shape index (κ3) is 3.59. The van der Waals surface area contributed by atoms with E-state index in [1.165, 1.54) is 0 Å². The molecule has 0 spiro atoms. The van der Waals surface area contributed by atoms with Crippen LogP contribution >= 0.6 is 0 Å². The lowest BCUT2D eigenvalue weighted by molar-refractivity contribution is 0.0488. The van der Waals surface area contributed by atoms with Crippen LogP contribution in [-0.4, -0.2) is 34.6 Å². The summed E-state index contributed by atoms with van der Waals surface area (Å²) in [5, 5.41) is 12.9. The third-order valence-electron chi connectivity index (χ3n) is 2.36. The molecule has 0 amide bonds. The summed E-state index contributed by atoms with van der Waals surface area (Å²) in [5.41, 5.74) is 6.64. The van der Waals surface area contributed by atoms with Crippen molar-refractivity contribution < 1.29 is 9.84 Å². The maximum Gasteiger partial charge on any atom is 0.0977 e. The molecule has 0 saturated carbocycles. The molecule has 1 rings (SSSR count). The molecule has 16 heavy (non-hydrogen) atoms. The summed E-state index contributed by atoms with van der Waals surface area (Å²) < 4.78 is 7.45. The fourth-order valence-corrected chi connectivity index (χ4v) is 1.39. The molecule has 0 bridgehead atoms. The van der Waals surface area contributed by atoms with Gasteiger partial charge in [0.1, 0.15) is 0 Å². The van der Waals surface area contributed by atoms with Crippen LogP contribution in [0.3, 0.4) is 0 Å². The minimum absolute atomic E-state index is 0.126.